The fourth-order valence-electron chi connectivity index (χ4n) is 2.51. The van der Waals surface area contributed by atoms with Gasteiger partial charge in [0.05, 0.1) is 5.69 Å². The van der Waals surface area contributed by atoms with E-state index in [4.69, 9.17) is 0 Å². The molecule has 4 nitrogen and oxygen atoms in total. The van der Waals surface area contributed by atoms with Gasteiger partial charge in [0, 0.05) is 18.4 Å². The first-order valence-electron chi connectivity index (χ1n) is 6.81. The molecular formula is C13H20BrN3OS. The Morgan fingerprint density at radius 2 is 2.37 bits per heavy atom. The predicted molar refractivity (Wildman–Crippen MR) is 81.0 cm³/mol. The maximum Gasteiger partial charge on any atom is 0.267 e. The van der Waals surface area contributed by atoms with E-state index < -0.39 is 0 Å². The molecule has 0 N–H and O–H groups in total. The summed E-state index contributed by atoms with van der Waals surface area (Å²) in [6.07, 6.45) is 3.47. The van der Waals surface area contributed by atoms with Crippen LogP contribution in [0.4, 0.5) is 0 Å². The van der Waals surface area contributed by atoms with Crippen molar-refractivity contribution < 1.29 is 4.79 Å². The summed E-state index contributed by atoms with van der Waals surface area (Å²) >= 11 is 4.72. The van der Waals surface area contributed by atoms with Crippen LogP contribution in [0.25, 0.3) is 0 Å². The minimum atomic E-state index is 0.123. The highest BCUT2D eigenvalue weighted by atomic mass is 79.9. The number of amides is 1. The van der Waals surface area contributed by atoms with Crippen molar-refractivity contribution in [1.82, 2.24) is 14.5 Å². The molecule has 19 heavy (non-hydrogen) atoms. The van der Waals surface area contributed by atoms with Crippen LogP contribution in [-0.4, -0.2) is 38.8 Å². The van der Waals surface area contributed by atoms with Crippen LogP contribution in [0.3, 0.4) is 0 Å². The van der Waals surface area contributed by atoms with E-state index in [1.165, 1.54) is 18.0 Å². The molecule has 0 aliphatic carbocycles. The molecule has 0 aromatic carbocycles. The highest BCUT2D eigenvalue weighted by molar-refractivity contribution is 9.09. The van der Waals surface area contributed by atoms with E-state index in [0.29, 0.717) is 5.92 Å². The van der Waals surface area contributed by atoms with Gasteiger partial charge in [-0.3, -0.25) is 4.79 Å². The fraction of sp³-hybridized carbons (Fsp3) is 0.769. The average molecular weight is 346 g/mol. The van der Waals surface area contributed by atoms with Gasteiger partial charge in [0.25, 0.3) is 5.91 Å². The van der Waals surface area contributed by atoms with Crippen molar-refractivity contribution in [3.05, 3.63) is 10.6 Å². The van der Waals surface area contributed by atoms with Gasteiger partial charge in [0.2, 0.25) is 0 Å². The number of carbonyl (C=O) groups is 1. The van der Waals surface area contributed by atoms with Crippen molar-refractivity contribution in [1.29, 1.82) is 0 Å². The third-order valence-corrected chi connectivity index (χ3v) is 4.77. The molecule has 1 amide bonds. The molecule has 1 aromatic rings. The minimum Gasteiger partial charge on any atom is -0.338 e. The molecule has 1 aromatic heterocycles. The van der Waals surface area contributed by atoms with Crippen LogP contribution in [0.15, 0.2) is 0 Å². The van der Waals surface area contributed by atoms with Gasteiger partial charge >= 0.3 is 0 Å². The third-order valence-electron chi connectivity index (χ3n) is 3.58. The fourth-order valence-corrected chi connectivity index (χ4v) is 3.94. The van der Waals surface area contributed by atoms with E-state index in [1.807, 2.05) is 4.90 Å². The first kappa shape index (κ1) is 14.9. The third kappa shape index (κ3) is 3.54. The standard InChI is InChI=1S/C13H20BrN3OS/c1-9(2)11-12(19-16-15-11)13(18)17-7-3-4-10(8-17)5-6-14/h9-10H,3-8H2,1-2H3. The summed E-state index contributed by atoms with van der Waals surface area (Å²) in [5.74, 6) is 0.999. The number of piperidine rings is 1. The lowest BCUT2D eigenvalue weighted by atomic mass is 9.95. The summed E-state index contributed by atoms with van der Waals surface area (Å²) in [5, 5.41) is 5.11. The summed E-state index contributed by atoms with van der Waals surface area (Å²) in [7, 11) is 0. The van der Waals surface area contributed by atoms with Crippen LogP contribution < -0.4 is 0 Å². The number of carbonyl (C=O) groups excluding carboxylic acids is 1. The number of nitrogens with zero attached hydrogens (tertiary/aromatic N) is 3. The van der Waals surface area contributed by atoms with Gasteiger partial charge in [0.1, 0.15) is 4.88 Å². The maximum absolute atomic E-state index is 12.6. The quantitative estimate of drug-likeness (QED) is 0.786. The van der Waals surface area contributed by atoms with E-state index in [2.05, 4.69) is 39.4 Å². The molecular weight excluding hydrogens is 326 g/mol. The largest absolute Gasteiger partial charge is 0.338 e. The molecule has 1 atom stereocenters. The summed E-state index contributed by atoms with van der Waals surface area (Å²) < 4.78 is 3.95. The van der Waals surface area contributed by atoms with Gasteiger partial charge in [-0.1, -0.05) is 34.3 Å². The SMILES string of the molecule is CC(C)c1nnsc1C(=O)N1CCCC(CCBr)C1. The number of alkyl halides is 1. The van der Waals surface area contributed by atoms with Crippen molar-refractivity contribution in [3.63, 3.8) is 0 Å². The molecule has 2 heterocycles. The summed E-state index contributed by atoms with van der Waals surface area (Å²) in [6, 6.07) is 0. The zero-order valence-electron chi connectivity index (χ0n) is 11.4. The smallest absolute Gasteiger partial charge is 0.267 e. The second-order valence-electron chi connectivity index (χ2n) is 5.38. The Kier molecular flexibility index (Phi) is 5.33. The second kappa shape index (κ2) is 6.79. The van der Waals surface area contributed by atoms with E-state index in [0.717, 1.165) is 41.8 Å². The van der Waals surface area contributed by atoms with Crippen molar-refractivity contribution in [3.8, 4) is 0 Å². The first-order chi connectivity index (χ1) is 9.13. The van der Waals surface area contributed by atoms with Crippen LogP contribution in [-0.2, 0) is 0 Å². The Bertz CT molecular complexity index is 433. The molecule has 1 aliphatic rings. The monoisotopic (exact) mass is 345 g/mol. The van der Waals surface area contributed by atoms with Crippen molar-refractivity contribution in [2.75, 3.05) is 18.4 Å². The van der Waals surface area contributed by atoms with Crippen LogP contribution in [0.2, 0.25) is 0 Å². The topological polar surface area (TPSA) is 46.1 Å². The zero-order chi connectivity index (χ0) is 13.8. The summed E-state index contributed by atoms with van der Waals surface area (Å²) in [4.78, 5) is 15.3. The molecule has 2 rings (SSSR count). The minimum absolute atomic E-state index is 0.123. The van der Waals surface area contributed by atoms with Crippen LogP contribution in [0.5, 0.6) is 0 Å². The number of likely N-dealkylation sites (tertiary alicyclic amines) is 1. The zero-order valence-corrected chi connectivity index (χ0v) is 13.8. The molecule has 0 bridgehead atoms. The lowest BCUT2D eigenvalue weighted by Gasteiger charge is -2.32. The number of hydrogen-bond donors (Lipinski definition) is 0. The molecule has 1 unspecified atom stereocenters. The highest BCUT2D eigenvalue weighted by Crippen LogP contribution is 2.25. The maximum atomic E-state index is 12.6. The van der Waals surface area contributed by atoms with E-state index in [-0.39, 0.29) is 11.8 Å². The van der Waals surface area contributed by atoms with Gasteiger partial charge in [0.15, 0.2) is 0 Å². The van der Waals surface area contributed by atoms with Crippen LogP contribution in [0, 0.1) is 5.92 Å². The van der Waals surface area contributed by atoms with Crippen molar-refractivity contribution in [2.24, 2.45) is 5.92 Å². The molecule has 0 saturated carbocycles. The number of rotatable bonds is 4. The Balaban J connectivity index is 2.08. The number of halogens is 1. The highest BCUT2D eigenvalue weighted by Gasteiger charge is 2.28. The Hall–Kier alpha value is -0.490. The Morgan fingerprint density at radius 3 is 3.05 bits per heavy atom. The Morgan fingerprint density at radius 1 is 1.58 bits per heavy atom. The lowest BCUT2D eigenvalue weighted by Crippen LogP contribution is -2.40. The lowest BCUT2D eigenvalue weighted by molar-refractivity contribution is 0.0675. The van der Waals surface area contributed by atoms with Gasteiger partial charge in [-0.25, -0.2) is 0 Å². The molecule has 0 spiro atoms. The molecule has 1 saturated heterocycles. The molecule has 1 fully saturated rings. The molecule has 0 radical (unpaired) electrons. The number of aromatic nitrogens is 2. The summed E-state index contributed by atoms with van der Waals surface area (Å²) in [6.45, 7) is 5.85. The van der Waals surface area contributed by atoms with Gasteiger partial charge in [-0.15, -0.1) is 5.10 Å². The molecule has 6 heteroatoms. The first-order valence-corrected chi connectivity index (χ1v) is 8.70. The van der Waals surface area contributed by atoms with Gasteiger partial charge in [-0.2, -0.15) is 0 Å². The second-order valence-corrected chi connectivity index (χ2v) is 6.93. The van der Waals surface area contributed by atoms with Crippen molar-refractivity contribution in [2.45, 2.75) is 39.0 Å². The molecule has 106 valence electrons. The van der Waals surface area contributed by atoms with Crippen LogP contribution >= 0.6 is 27.5 Å². The number of hydrogen-bond acceptors (Lipinski definition) is 4. The predicted octanol–water partition coefficient (Wildman–Crippen LogP) is 3.30. The van der Waals surface area contributed by atoms with Crippen LogP contribution in [0.1, 0.15) is 54.4 Å². The van der Waals surface area contributed by atoms with E-state index >= 15 is 0 Å². The van der Waals surface area contributed by atoms with E-state index in [9.17, 15) is 4.79 Å². The summed E-state index contributed by atoms with van der Waals surface area (Å²) in [5.41, 5.74) is 0.845. The van der Waals surface area contributed by atoms with Crippen molar-refractivity contribution >= 4 is 33.4 Å². The Labute approximate surface area is 126 Å². The van der Waals surface area contributed by atoms with Gasteiger partial charge < -0.3 is 4.90 Å². The normalized spacial score (nSPS) is 20.0. The van der Waals surface area contributed by atoms with Gasteiger partial charge in [-0.05, 0) is 42.6 Å². The van der Waals surface area contributed by atoms with E-state index in [1.54, 1.807) is 0 Å². The average Bonchev–Trinajstić information content (AvgIpc) is 2.88. The molecule has 1 aliphatic heterocycles.